The molecule has 2 rings (SSSR count). The van der Waals surface area contributed by atoms with Crippen LogP contribution in [0, 0.1) is 0 Å². The van der Waals surface area contributed by atoms with Crippen LogP contribution in [-0.2, 0) is 11.3 Å². The summed E-state index contributed by atoms with van der Waals surface area (Å²) in [4.78, 5) is 6.75. The van der Waals surface area contributed by atoms with Gasteiger partial charge in [-0.1, -0.05) is 18.2 Å². The number of benzene rings is 1. The Hall–Kier alpha value is -1.69. The highest BCUT2D eigenvalue weighted by molar-refractivity contribution is 5.81. The van der Waals surface area contributed by atoms with Gasteiger partial charge in [0.05, 0.1) is 12.1 Å². The van der Waals surface area contributed by atoms with E-state index >= 15 is 0 Å². The third-order valence-electron chi connectivity index (χ3n) is 3.20. The number of hydrazine groups is 1. The Morgan fingerprint density at radius 3 is 2.90 bits per heavy atom. The van der Waals surface area contributed by atoms with E-state index in [2.05, 4.69) is 34.5 Å². The van der Waals surface area contributed by atoms with Gasteiger partial charge in [-0.05, 0) is 26.1 Å². The topological polar surface area (TPSA) is 63.4 Å². The van der Waals surface area contributed by atoms with Crippen LogP contribution < -0.4 is 11.3 Å². The van der Waals surface area contributed by atoms with Crippen molar-refractivity contribution in [3.05, 3.63) is 35.9 Å². The third kappa shape index (κ3) is 3.66. The Morgan fingerprint density at radius 1 is 1.35 bits per heavy atom. The number of nitrogens with one attached hydrogen (secondary N) is 1. The van der Waals surface area contributed by atoms with Gasteiger partial charge in [0, 0.05) is 30.6 Å². The van der Waals surface area contributed by atoms with Crippen LogP contribution in [0.1, 0.15) is 12.5 Å². The maximum absolute atomic E-state index is 5.58. The zero-order chi connectivity index (χ0) is 14.4. The fourth-order valence-corrected chi connectivity index (χ4v) is 2.14. The van der Waals surface area contributed by atoms with Crippen LogP contribution in [0.25, 0.3) is 10.9 Å². The number of pyridine rings is 1. The van der Waals surface area contributed by atoms with Crippen molar-refractivity contribution in [1.82, 2.24) is 9.88 Å². The number of hydrogen-bond donors (Lipinski definition) is 2. The molecule has 20 heavy (non-hydrogen) atoms. The second-order valence-corrected chi connectivity index (χ2v) is 4.77. The molecular formula is C15H22N4O. The molecule has 5 nitrogen and oxygen atoms in total. The summed E-state index contributed by atoms with van der Waals surface area (Å²) in [6.07, 6.45) is 0. The van der Waals surface area contributed by atoms with Gasteiger partial charge in [0.15, 0.2) is 0 Å². The van der Waals surface area contributed by atoms with Crippen molar-refractivity contribution in [2.24, 2.45) is 5.84 Å². The maximum Gasteiger partial charge on any atom is 0.145 e. The van der Waals surface area contributed by atoms with E-state index in [0.717, 1.165) is 48.6 Å². The van der Waals surface area contributed by atoms with Crippen LogP contribution in [0.5, 0.6) is 0 Å². The van der Waals surface area contributed by atoms with E-state index in [0.29, 0.717) is 0 Å². The van der Waals surface area contributed by atoms with Crippen molar-refractivity contribution in [2.75, 3.05) is 32.2 Å². The molecule has 0 saturated heterocycles. The number of para-hydroxylation sites is 1. The first-order valence-corrected chi connectivity index (χ1v) is 6.86. The van der Waals surface area contributed by atoms with E-state index < -0.39 is 0 Å². The Kier molecular flexibility index (Phi) is 5.29. The molecule has 1 aromatic carbocycles. The minimum atomic E-state index is 0.729. The molecular weight excluding hydrogens is 252 g/mol. The van der Waals surface area contributed by atoms with E-state index in [-0.39, 0.29) is 0 Å². The van der Waals surface area contributed by atoms with Crippen LogP contribution in [0.3, 0.4) is 0 Å². The van der Waals surface area contributed by atoms with Gasteiger partial charge in [-0.25, -0.2) is 10.8 Å². The summed E-state index contributed by atoms with van der Waals surface area (Å²) in [5, 5.41) is 1.12. The van der Waals surface area contributed by atoms with Crippen molar-refractivity contribution >= 4 is 16.7 Å². The van der Waals surface area contributed by atoms with Gasteiger partial charge >= 0.3 is 0 Å². The van der Waals surface area contributed by atoms with Gasteiger partial charge in [-0.2, -0.15) is 0 Å². The number of nitrogens with two attached hydrogens (primary N) is 1. The average molecular weight is 274 g/mol. The number of hydrogen-bond acceptors (Lipinski definition) is 5. The summed E-state index contributed by atoms with van der Waals surface area (Å²) in [6.45, 7) is 5.15. The van der Waals surface area contributed by atoms with Gasteiger partial charge < -0.3 is 10.2 Å². The smallest absolute Gasteiger partial charge is 0.145 e. The summed E-state index contributed by atoms with van der Waals surface area (Å²) in [5.74, 6) is 6.31. The molecule has 0 aliphatic heterocycles. The molecule has 108 valence electrons. The van der Waals surface area contributed by atoms with Gasteiger partial charge in [0.25, 0.3) is 0 Å². The number of aromatic nitrogens is 1. The van der Waals surface area contributed by atoms with Gasteiger partial charge in [0.2, 0.25) is 0 Å². The summed E-state index contributed by atoms with van der Waals surface area (Å²) >= 11 is 0. The SMILES string of the molecule is CCOCCN(C)Cc1cc2ccccc2nc1NN. The number of fused-ring (bicyclic) bond motifs is 1. The molecule has 0 amide bonds. The van der Waals surface area contributed by atoms with Crippen LogP contribution >= 0.6 is 0 Å². The van der Waals surface area contributed by atoms with E-state index in [1.54, 1.807) is 0 Å². The molecule has 0 radical (unpaired) electrons. The fourth-order valence-electron chi connectivity index (χ4n) is 2.14. The number of likely N-dealkylation sites (N-methyl/N-ethyl adjacent to an activating group) is 1. The lowest BCUT2D eigenvalue weighted by Crippen LogP contribution is -2.24. The second-order valence-electron chi connectivity index (χ2n) is 4.77. The zero-order valence-electron chi connectivity index (χ0n) is 12.1. The zero-order valence-corrected chi connectivity index (χ0v) is 12.1. The van der Waals surface area contributed by atoms with Crippen LogP contribution in [0.15, 0.2) is 30.3 Å². The Bertz CT molecular complexity index is 559. The Labute approximate surface area is 119 Å². The number of anilines is 1. The number of nitrogens with zero attached hydrogens (tertiary/aromatic N) is 2. The molecule has 3 N–H and O–H groups in total. The number of nitrogen functional groups attached to an aromatic ring is 1. The molecule has 5 heteroatoms. The minimum absolute atomic E-state index is 0.729. The predicted molar refractivity (Wildman–Crippen MR) is 82.4 cm³/mol. The van der Waals surface area contributed by atoms with E-state index in [1.807, 2.05) is 25.1 Å². The fraction of sp³-hybridized carbons (Fsp3) is 0.400. The normalized spacial score (nSPS) is 11.2. The lowest BCUT2D eigenvalue weighted by atomic mass is 10.1. The van der Waals surface area contributed by atoms with Crippen molar-refractivity contribution in [1.29, 1.82) is 0 Å². The highest BCUT2D eigenvalue weighted by Gasteiger charge is 2.08. The number of ether oxygens (including phenoxy) is 1. The van der Waals surface area contributed by atoms with E-state index in [4.69, 9.17) is 10.6 Å². The molecule has 0 saturated carbocycles. The van der Waals surface area contributed by atoms with Gasteiger partial charge in [-0.15, -0.1) is 0 Å². The van der Waals surface area contributed by atoms with Crippen LogP contribution in [0.2, 0.25) is 0 Å². The van der Waals surface area contributed by atoms with E-state index in [9.17, 15) is 0 Å². The van der Waals surface area contributed by atoms with Crippen LogP contribution in [0.4, 0.5) is 5.82 Å². The van der Waals surface area contributed by atoms with Crippen molar-refractivity contribution in [3.63, 3.8) is 0 Å². The molecule has 0 aliphatic carbocycles. The second kappa shape index (κ2) is 7.19. The van der Waals surface area contributed by atoms with Crippen molar-refractivity contribution in [2.45, 2.75) is 13.5 Å². The third-order valence-corrected chi connectivity index (χ3v) is 3.20. The number of rotatable bonds is 7. The average Bonchev–Trinajstić information content (AvgIpc) is 2.46. The maximum atomic E-state index is 5.58. The first-order chi connectivity index (χ1) is 9.74. The van der Waals surface area contributed by atoms with E-state index in [1.165, 1.54) is 0 Å². The standard InChI is InChI=1S/C15H22N4O/c1-3-20-9-8-19(2)11-13-10-12-6-4-5-7-14(12)17-15(13)18-16/h4-7,10H,3,8-9,11,16H2,1-2H3,(H,17,18). The molecule has 0 spiro atoms. The molecule has 2 aromatic rings. The Balaban J connectivity index is 2.15. The van der Waals surface area contributed by atoms with Gasteiger partial charge in [0.1, 0.15) is 5.82 Å². The van der Waals surface area contributed by atoms with Crippen molar-refractivity contribution < 1.29 is 4.74 Å². The first kappa shape index (κ1) is 14.7. The molecule has 1 heterocycles. The van der Waals surface area contributed by atoms with Crippen LogP contribution in [-0.4, -0.2) is 36.7 Å². The van der Waals surface area contributed by atoms with Crippen molar-refractivity contribution in [3.8, 4) is 0 Å². The minimum Gasteiger partial charge on any atom is -0.380 e. The molecule has 0 unspecified atom stereocenters. The highest BCUT2D eigenvalue weighted by Crippen LogP contribution is 2.20. The lowest BCUT2D eigenvalue weighted by Gasteiger charge is -2.18. The summed E-state index contributed by atoms with van der Waals surface area (Å²) in [6, 6.07) is 10.2. The molecule has 0 bridgehead atoms. The first-order valence-electron chi connectivity index (χ1n) is 6.86. The van der Waals surface area contributed by atoms with Gasteiger partial charge in [-0.3, -0.25) is 4.90 Å². The molecule has 0 aliphatic rings. The summed E-state index contributed by atoms with van der Waals surface area (Å²) < 4.78 is 5.37. The Morgan fingerprint density at radius 2 is 2.15 bits per heavy atom. The summed E-state index contributed by atoms with van der Waals surface area (Å²) in [5.41, 5.74) is 4.72. The molecule has 0 atom stereocenters. The lowest BCUT2D eigenvalue weighted by molar-refractivity contribution is 0.120. The quantitative estimate of drug-likeness (QED) is 0.459. The molecule has 0 fully saturated rings. The monoisotopic (exact) mass is 274 g/mol. The highest BCUT2D eigenvalue weighted by atomic mass is 16.5. The predicted octanol–water partition coefficient (Wildman–Crippen LogP) is 1.99. The largest absolute Gasteiger partial charge is 0.380 e. The molecule has 1 aromatic heterocycles. The summed E-state index contributed by atoms with van der Waals surface area (Å²) in [7, 11) is 2.06.